The fourth-order valence-electron chi connectivity index (χ4n) is 1.87. The van der Waals surface area contributed by atoms with Crippen molar-refractivity contribution < 1.29 is 9.50 Å². The monoisotopic (exact) mass is 213 g/mol. The van der Waals surface area contributed by atoms with Gasteiger partial charge >= 0.3 is 5.69 Å². The van der Waals surface area contributed by atoms with Gasteiger partial charge in [0.15, 0.2) is 5.79 Å². The van der Waals surface area contributed by atoms with Crippen molar-refractivity contribution in [3.8, 4) is 0 Å². The van der Waals surface area contributed by atoms with E-state index < -0.39 is 11.5 Å². The van der Waals surface area contributed by atoms with Crippen molar-refractivity contribution in [3.63, 3.8) is 0 Å². The molecule has 0 aromatic carbocycles. The first-order valence-electron chi connectivity index (χ1n) is 4.70. The maximum atomic E-state index is 14.0. The maximum absolute atomic E-state index is 14.0. The zero-order valence-corrected chi connectivity index (χ0v) is 8.06. The molecule has 0 spiro atoms. The third-order valence-corrected chi connectivity index (χ3v) is 2.72. The third kappa shape index (κ3) is 1.61. The van der Waals surface area contributed by atoms with Gasteiger partial charge in [-0.3, -0.25) is 4.57 Å². The molecule has 0 aliphatic heterocycles. The first-order chi connectivity index (χ1) is 7.05. The van der Waals surface area contributed by atoms with Gasteiger partial charge in [-0.1, -0.05) is 0 Å². The minimum atomic E-state index is -1.70. The number of nitrogens with two attached hydrogens (primary N) is 1. The smallest absolute Gasteiger partial charge is 0.352 e. The lowest BCUT2D eigenvalue weighted by atomic mass is 9.78. The molecule has 0 saturated heterocycles. The Kier molecular flexibility index (Phi) is 2.22. The van der Waals surface area contributed by atoms with Crippen molar-refractivity contribution in [3.05, 3.63) is 22.7 Å². The van der Waals surface area contributed by atoms with Gasteiger partial charge < -0.3 is 10.8 Å². The zero-order valence-electron chi connectivity index (χ0n) is 8.06. The van der Waals surface area contributed by atoms with Crippen molar-refractivity contribution >= 4 is 5.82 Å². The van der Waals surface area contributed by atoms with E-state index in [4.69, 9.17) is 10.8 Å². The van der Waals surface area contributed by atoms with E-state index in [2.05, 4.69) is 4.98 Å². The van der Waals surface area contributed by atoms with Crippen molar-refractivity contribution in [1.29, 1.82) is 0 Å². The van der Waals surface area contributed by atoms with Crippen LogP contribution in [0.2, 0.25) is 0 Å². The molecule has 1 aliphatic carbocycles. The van der Waals surface area contributed by atoms with E-state index in [-0.39, 0.29) is 31.2 Å². The van der Waals surface area contributed by atoms with Crippen LogP contribution in [0.25, 0.3) is 0 Å². The van der Waals surface area contributed by atoms with Gasteiger partial charge in [-0.15, -0.1) is 0 Å². The topological polar surface area (TPSA) is 81.1 Å². The molecule has 82 valence electrons. The fraction of sp³-hybridized carbons (Fsp3) is 0.556. The number of rotatable bonds is 2. The molecule has 1 aliphatic rings. The van der Waals surface area contributed by atoms with Crippen molar-refractivity contribution in [2.75, 3.05) is 12.3 Å². The first-order valence-corrected chi connectivity index (χ1v) is 4.70. The Morgan fingerprint density at radius 1 is 1.73 bits per heavy atom. The predicted molar refractivity (Wildman–Crippen MR) is 51.8 cm³/mol. The Bertz CT molecular complexity index is 426. The van der Waals surface area contributed by atoms with Crippen molar-refractivity contribution in [2.45, 2.75) is 18.6 Å². The molecule has 6 heteroatoms. The number of nitrogens with zero attached hydrogens (tertiary/aromatic N) is 2. The molecule has 15 heavy (non-hydrogen) atoms. The largest absolute Gasteiger partial charge is 0.396 e. The van der Waals surface area contributed by atoms with Gasteiger partial charge in [0.25, 0.3) is 0 Å². The number of anilines is 1. The number of aliphatic hydroxyl groups is 1. The lowest BCUT2D eigenvalue weighted by molar-refractivity contribution is -0.0851. The molecule has 0 radical (unpaired) electrons. The number of hydrogen-bond donors (Lipinski definition) is 2. The van der Waals surface area contributed by atoms with Crippen molar-refractivity contribution in [2.24, 2.45) is 5.92 Å². The van der Waals surface area contributed by atoms with E-state index in [0.29, 0.717) is 0 Å². The Morgan fingerprint density at radius 3 is 2.93 bits per heavy atom. The molecule has 5 nitrogen and oxygen atoms in total. The molecule has 0 amide bonds. The number of halogens is 1. The van der Waals surface area contributed by atoms with Crippen LogP contribution in [0.3, 0.4) is 0 Å². The fourth-order valence-corrected chi connectivity index (χ4v) is 1.87. The summed E-state index contributed by atoms with van der Waals surface area (Å²) in [4.78, 5) is 14.8. The van der Waals surface area contributed by atoms with Gasteiger partial charge in [0, 0.05) is 25.6 Å². The standard InChI is InChI=1S/C9H12FN3O2/c10-9(3-6(4-9)5-14)13-2-1-7(11)12-8(13)15/h1-2,6,14H,3-5H2,(H2,11,12,15)/t6-,9-. The number of aromatic nitrogens is 2. The SMILES string of the molecule is Nc1ccn([C@]2(F)C[C@@H](CO)C2)c(=O)n1. The van der Waals surface area contributed by atoms with Gasteiger partial charge in [0.1, 0.15) is 5.82 Å². The summed E-state index contributed by atoms with van der Waals surface area (Å²) in [7, 11) is 0. The average molecular weight is 213 g/mol. The highest BCUT2D eigenvalue weighted by Crippen LogP contribution is 2.43. The normalized spacial score (nSPS) is 29.9. The molecule has 1 fully saturated rings. The van der Waals surface area contributed by atoms with Crippen molar-refractivity contribution in [1.82, 2.24) is 9.55 Å². The number of aliphatic hydroxyl groups excluding tert-OH is 1. The minimum absolute atomic E-state index is 0.0528. The van der Waals surface area contributed by atoms with Gasteiger partial charge in [-0.2, -0.15) is 4.98 Å². The lowest BCUT2D eigenvalue weighted by Crippen LogP contribution is -2.48. The molecule has 0 bridgehead atoms. The Morgan fingerprint density at radius 2 is 2.40 bits per heavy atom. The average Bonchev–Trinajstić information content (AvgIpc) is 2.12. The summed E-state index contributed by atoms with van der Waals surface area (Å²) in [5.74, 6) is -1.69. The van der Waals surface area contributed by atoms with E-state index in [9.17, 15) is 9.18 Å². The van der Waals surface area contributed by atoms with E-state index in [1.165, 1.54) is 12.3 Å². The quantitative estimate of drug-likeness (QED) is 0.715. The number of nitrogen functional groups attached to an aromatic ring is 1. The van der Waals surface area contributed by atoms with E-state index in [1.54, 1.807) is 0 Å². The van der Waals surface area contributed by atoms with Crippen LogP contribution in [0.5, 0.6) is 0 Å². The second-order valence-electron chi connectivity index (χ2n) is 3.88. The summed E-state index contributed by atoms with van der Waals surface area (Å²) in [5, 5.41) is 8.79. The molecule has 3 N–H and O–H groups in total. The van der Waals surface area contributed by atoms with Gasteiger partial charge in [0.05, 0.1) is 0 Å². The molecular formula is C9H12FN3O2. The van der Waals surface area contributed by atoms with Crippen LogP contribution < -0.4 is 11.4 Å². The molecule has 0 atom stereocenters. The third-order valence-electron chi connectivity index (χ3n) is 2.72. The highest BCUT2D eigenvalue weighted by molar-refractivity contribution is 5.24. The van der Waals surface area contributed by atoms with Gasteiger partial charge in [-0.25, -0.2) is 9.18 Å². The second kappa shape index (κ2) is 3.30. The Hall–Kier alpha value is -1.43. The summed E-state index contributed by atoms with van der Waals surface area (Å²) >= 11 is 0. The predicted octanol–water partition coefficient (Wildman–Crippen LogP) is -0.150. The second-order valence-corrected chi connectivity index (χ2v) is 3.88. The van der Waals surface area contributed by atoms with Gasteiger partial charge in [-0.05, 0) is 12.0 Å². The highest BCUT2D eigenvalue weighted by atomic mass is 19.1. The summed E-state index contributed by atoms with van der Waals surface area (Å²) < 4.78 is 15.0. The summed E-state index contributed by atoms with van der Waals surface area (Å²) in [6.45, 7) is -0.0528. The van der Waals surface area contributed by atoms with Crippen LogP contribution in [0, 0.1) is 5.92 Å². The zero-order chi connectivity index (χ0) is 11.1. The Labute approximate surface area is 85.4 Å². The van der Waals surface area contributed by atoms with E-state index in [0.717, 1.165) is 4.57 Å². The molecule has 0 unspecified atom stereocenters. The maximum Gasteiger partial charge on any atom is 0.352 e. The van der Waals surface area contributed by atoms with Crippen LogP contribution in [-0.4, -0.2) is 21.3 Å². The molecule has 2 rings (SSSR count). The van der Waals surface area contributed by atoms with E-state index in [1.807, 2.05) is 0 Å². The summed E-state index contributed by atoms with van der Waals surface area (Å²) in [6, 6.07) is 1.38. The van der Waals surface area contributed by atoms with Crippen LogP contribution in [0.4, 0.5) is 10.2 Å². The number of alkyl halides is 1. The van der Waals surface area contributed by atoms with Crippen LogP contribution in [0.1, 0.15) is 12.8 Å². The molecule has 1 aromatic heterocycles. The van der Waals surface area contributed by atoms with Crippen LogP contribution in [0.15, 0.2) is 17.1 Å². The first kappa shape index (κ1) is 10.1. The number of hydrogen-bond acceptors (Lipinski definition) is 4. The summed E-state index contributed by atoms with van der Waals surface area (Å²) in [6.07, 6.45) is 1.60. The minimum Gasteiger partial charge on any atom is -0.396 e. The van der Waals surface area contributed by atoms with Crippen LogP contribution >= 0.6 is 0 Å². The van der Waals surface area contributed by atoms with E-state index >= 15 is 0 Å². The molecule has 1 saturated carbocycles. The highest BCUT2D eigenvalue weighted by Gasteiger charge is 2.46. The van der Waals surface area contributed by atoms with Gasteiger partial charge in [0.2, 0.25) is 0 Å². The summed E-state index contributed by atoms with van der Waals surface area (Å²) in [5.41, 5.74) is 4.61. The lowest BCUT2D eigenvalue weighted by Gasteiger charge is -2.41. The molecule has 1 heterocycles. The van der Waals surface area contributed by atoms with Crippen LogP contribution in [-0.2, 0) is 5.79 Å². The molecule has 1 aromatic rings. The molecular weight excluding hydrogens is 201 g/mol. The Balaban J connectivity index is 2.28.